The van der Waals surface area contributed by atoms with Crippen molar-refractivity contribution in [3.8, 4) is 12.3 Å². The maximum Gasteiger partial charge on any atom is 0.334 e. The highest BCUT2D eigenvalue weighted by molar-refractivity contribution is 6.16. The van der Waals surface area contributed by atoms with Crippen LogP contribution < -0.4 is 0 Å². The van der Waals surface area contributed by atoms with E-state index in [-0.39, 0.29) is 13.1 Å². The van der Waals surface area contributed by atoms with Crippen LogP contribution in [0.4, 0.5) is 4.79 Å². The van der Waals surface area contributed by atoms with Gasteiger partial charge in [0.15, 0.2) is 0 Å². The normalized spacial score (nSPS) is 20.5. The van der Waals surface area contributed by atoms with Gasteiger partial charge in [0.2, 0.25) is 11.8 Å². The lowest BCUT2D eigenvalue weighted by Gasteiger charge is -2.35. The van der Waals surface area contributed by atoms with Gasteiger partial charge in [-0.2, -0.15) is 0 Å². The van der Waals surface area contributed by atoms with Gasteiger partial charge in [-0.3, -0.25) is 19.4 Å². The Morgan fingerprint density at radius 1 is 1.35 bits per heavy atom. The first-order valence-corrected chi connectivity index (χ1v) is 5.29. The summed E-state index contributed by atoms with van der Waals surface area (Å²) in [4.78, 5) is 37.5. The van der Waals surface area contributed by atoms with E-state index >= 15 is 0 Å². The minimum Gasteiger partial charge on any atom is -0.273 e. The molecule has 0 bridgehead atoms. The Labute approximate surface area is 100 Å². The molecule has 1 fully saturated rings. The third kappa shape index (κ3) is 2.21. The predicted octanol–water partition coefficient (Wildman–Crippen LogP) is 0.623. The van der Waals surface area contributed by atoms with Gasteiger partial charge in [-0.25, -0.2) is 4.79 Å². The van der Waals surface area contributed by atoms with E-state index < -0.39 is 23.8 Å². The first kappa shape index (κ1) is 13.0. The number of rotatable bonds is 4. The summed E-state index contributed by atoms with van der Waals surface area (Å²) in [6, 6.07) is -0.664. The van der Waals surface area contributed by atoms with Gasteiger partial charge in [0.25, 0.3) is 0 Å². The third-order valence-electron chi connectivity index (χ3n) is 2.56. The Morgan fingerprint density at radius 2 is 1.94 bits per heavy atom. The highest BCUT2D eigenvalue weighted by Gasteiger charge is 2.43. The fraction of sp³-hybridized carbons (Fsp3) is 0.417. The molecule has 5 heteroatoms. The maximum absolute atomic E-state index is 11.9. The van der Waals surface area contributed by atoms with Gasteiger partial charge in [0.1, 0.15) is 5.92 Å². The number of hydrogen-bond acceptors (Lipinski definition) is 3. The van der Waals surface area contributed by atoms with Crippen molar-refractivity contribution in [2.75, 3.05) is 13.1 Å². The molecule has 0 N–H and O–H groups in total. The molecule has 90 valence electrons. The van der Waals surface area contributed by atoms with Crippen LogP contribution in [0, 0.1) is 18.3 Å². The van der Waals surface area contributed by atoms with E-state index in [1.165, 1.54) is 6.08 Å². The fourth-order valence-corrected chi connectivity index (χ4v) is 1.70. The number of nitrogens with zero attached hydrogens (tertiary/aromatic N) is 2. The zero-order valence-electron chi connectivity index (χ0n) is 9.68. The number of urea groups is 1. The number of carbonyl (C=O) groups excluding carboxylic acids is 3. The zero-order valence-corrected chi connectivity index (χ0v) is 9.68. The molecule has 4 amide bonds. The number of barbiturate groups is 1. The average Bonchev–Trinajstić information content (AvgIpc) is 2.31. The molecule has 1 saturated heterocycles. The molecule has 1 atom stereocenters. The van der Waals surface area contributed by atoms with Crippen molar-refractivity contribution >= 4 is 17.8 Å². The van der Waals surface area contributed by atoms with E-state index in [2.05, 4.69) is 12.5 Å². The SMILES string of the molecule is C#CCN1C(=O)C(CC)C(=O)N(CC=C)C1=O. The van der Waals surface area contributed by atoms with Crippen LogP contribution in [0.15, 0.2) is 12.7 Å². The molecule has 0 aromatic carbocycles. The van der Waals surface area contributed by atoms with Crippen LogP contribution in [0.25, 0.3) is 0 Å². The molecular formula is C12H14N2O3. The number of hydrogen-bond donors (Lipinski definition) is 0. The van der Waals surface area contributed by atoms with E-state index in [4.69, 9.17) is 6.42 Å². The maximum atomic E-state index is 11.9. The predicted molar refractivity (Wildman–Crippen MR) is 61.6 cm³/mol. The van der Waals surface area contributed by atoms with Crippen molar-refractivity contribution in [2.24, 2.45) is 5.92 Å². The lowest BCUT2D eigenvalue weighted by atomic mass is 10.0. The summed E-state index contributed by atoms with van der Waals surface area (Å²) in [7, 11) is 0. The number of carbonyl (C=O) groups is 3. The van der Waals surface area contributed by atoms with Crippen LogP contribution in [0.2, 0.25) is 0 Å². The Morgan fingerprint density at radius 3 is 2.41 bits per heavy atom. The van der Waals surface area contributed by atoms with Gasteiger partial charge in [0, 0.05) is 6.54 Å². The van der Waals surface area contributed by atoms with Gasteiger partial charge < -0.3 is 0 Å². The summed E-state index contributed by atoms with van der Waals surface area (Å²) in [6.07, 6.45) is 6.89. The molecule has 1 unspecified atom stereocenters. The van der Waals surface area contributed by atoms with Crippen molar-refractivity contribution in [3.05, 3.63) is 12.7 Å². The molecule has 0 aromatic heterocycles. The third-order valence-corrected chi connectivity index (χ3v) is 2.56. The highest BCUT2D eigenvalue weighted by Crippen LogP contribution is 2.20. The minimum absolute atomic E-state index is 0.0858. The van der Waals surface area contributed by atoms with E-state index in [9.17, 15) is 14.4 Å². The zero-order chi connectivity index (χ0) is 13.0. The van der Waals surface area contributed by atoms with E-state index in [1.807, 2.05) is 0 Å². The van der Waals surface area contributed by atoms with Crippen molar-refractivity contribution < 1.29 is 14.4 Å². The van der Waals surface area contributed by atoms with Gasteiger partial charge in [-0.1, -0.05) is 18.9 Å². The van der Waals surface area contributed by atoms with Gasteiger partial charge in [-0.05, 0) is 6.42 Å². The monoisotopic (exact) mass is 234 g/mol. The molecule has 1 aliphatic rings. The van der Waals surface area contributed by atoms with E-state index in [0.717, 1.165) is 9.80 Å². The van der Waals surface area contributed by atoms with E-state index in [1.54, 1.807) is 6.92 Å². The van der Waals surface area contributed by atoms with Crippen molar-refractivity contribution in [1.82, 2.24) is 9.80 Å². The van der Waals surface area contributed by atoms with Gasteiger partial charge >= 0.3 is 6.03 Å². The average molecular weight is 234 g/mol. The molecule has 0 radical (unpaired) electrons. The van der Waals surface area contributed by atoms with Crippen LogP contribution in [-0.2, 0) is 9.59 Å². The topological polar surface area (TPSA) is 57.7 Å². The Bertz CT molecular complexity index is 408. The first-order valence-electron chi connectivity index (χ1n) is 5.29. The minimum atomic E-state index is -0.819. The Hall–Kier alpha value is -2.09. The summed E-state index contributed by atoms with van der Waals surface area (Å²) < 4.78 is 0. The molecular weight excluding hydrogens is 220 g/mol. The summed E-state index contributed by atoms with van der Waals surface area (Å²) in [5.41, 5.74) is 0. The number of terminal acetylenes is 1. The lowest BCUT2D eigenvalue weighted by molar-refractivity contribution is -0.148. The van der Waals surface area contributed by atoms with E-state index in [0.29, 0.717) is 6.42 Å². The quantitative estimate of drug-likeness (QED) is 0.407. The molecule has 1 aliphatic heterocycles. The second-order valence-electron chi connectivity index (χ2n) is 3.61. The molecule has 0 spiro atoms. The highest BCUT2D eigenvalue weighted by atomic mass is 16.2. The van der Waals surface area contributed by atoms with Crippen LogP contribution in [0.3, 0.4) is 0 Å². The molecule has 5 nitrogen and oxygen atoms in total. The lowest BCUT2D eigenvalue weighted by Crippen LogP contribution is -2.59. The van der Waals surface area contributed by atoms with Crippen LogP contribution in [0.1, 0.15) is 13.3 Å². The Kier molecular flexibility index (Phi) is 4.05. The van der Waals surface area contributed by atoms with Gasteiger partial charge in [0.05, 0.1) is 6.54 Å². The fourth-order valence-electron chi connectivity index (χ4n) is 1.70. The molecule has 1 heterocycles. The number of imide groups is 2. The van der Waals surface area contributed by atoms with Crippen molar-refractivity contribution in [3.63, 3.8) is 0 Å². The van der Waals surface area contributed by atoms with Crippen molar-refractivity contribution in [1.29, 1.82) is 0 Å². The van der Waals surface area contributed by atoms with Gasteiger partial charge in [-0.15, -0.1) is 13.0 Å². The molecule has 0 saturated carbocycles. The summed E-state index contributed by atoms with van der Waals surface area (Å²) >= 11 is 0. The summed E-state index contributed by atoms with van der Waals surface area (Å²) in [6.45, 7) is 5.16. The molecule has 0 aliphatic carbocycles. The summed E-state index contributed by atoms with van der Waals surface area (Å²) in [5, 5.41) is 0. The standard InChI is InChI=1S/C12H14N2O3/c1-4-7-13-10(15)9(6-3)11(16)14(8-5-2)12(13)17/h1,5,9H,2,6-8H2,3H3. The summed E-state index contributed by atoms with van der Waals surface area (Å²) in [5.74, 6) is 0.433. The largest absolute Gasteiger partial charge is 0.334 e. The second-order valence-corrected chi connectivity index (χ2v) is 3.61. The van der Waals surface area contributed by atoms with Crippen LogP contribution >= 0.6 is 0 Å². The van der Waals surface area contributed by atoms with Crippen LogP contribution in [-0.4, -0.2) is 40.7 Å². The first-order chi connectivity index (χ1) is 8.08. The molecule has 1 rings (SSSR count). The van der Waals surface area contributed by atoms with Crippen LogP contribution in [0.5, 0.6) is 0 Å². The van der Waals surface area contributed by atoms with Crippen molar-refractivity contribution in [2.45, 2.75) is 13.3 Å². The molecule has 17 heavy (non-hydrogen) atoms. The Balaban J connectivity index is 3.07. The number of amides is 4. The smallest absolute Gasteiger partial charge is 0.273 e. The molecule has 0 aromatic rings. The second kappa shape index (κ2) is 5.30.